The maximum atomic E-state index is 5.99. The van der Waals surface area contributed by atoms with Crippen LogP contribution in [0.3, 0.4) is 0 Å². The summed E-state index contributed by atoms with van der Waals surface area (Å²) in [5, 5.41) is 9.55. The van der Waals surface area contributed by atoms with Crippen LogP contribution in [0.2, 0.25) is 5.02 Å². The summed E-state index contributed by atoms with van der Waals surface area (Å²) in [6.07, 6.45) is 4.86. The molecule has 4 rings (SSSR count). The number of nitrogens with zero attached hydrogens (tertiary/aromatic N) is 5. The van der Waals surface area contributed by atoms with Gasteiger partial charge in [-0.15, -0.1) is 0 Å². The molecule has 136 valence electrons. The van der Waals surface area contributed by atoms with E-state index in [1.165, 1.54) is 12.8 Å². The standard InChI is InChI=1S/C19H22ClN5O/c1-24-9-6-14(7-10-24)12-18-21-19(17-8-11-26-23-17)25(22-18)13-15-2-4-16(20)5-3-15/h2-5,8,11,14H,6-7,9-10,12-13H2,1H3. The van der Waals surface area contributed by atoms with Gasteiger partial charge in [0.25, 0.3) is 0 Å². The summed E-state index contributed by atoms with van der Waals surface area (Å²) in [6, 6.07) is 9.62. The Morgan fingerprint density at radius 2 is 1.92 bits per heavy atom. The zero-order valence-corrected chi connectivity index (χ0v) is 15.6. The highest BCUT2D eigenvalue weighted by Gasteiger charge is 2.21. The van der Waals surface area contributed by atoms with E-state index < -0.39 is 0 Å². The summed E-state index contributed by atoms with van der Waals surface area (Å²) in [4.78, 5) is 7.15. The molecule has 0 spiro atoms. The second-order valence-electron chi connectivity index (χ2n) is 6.97. The minimum Gasteiger partial charge on any atom is -0.364 e. The number of benzene rings is 1. The van der Waals surface area contributed by atoms with E-state index in [-0.39, 0.29) is 0 Å². The fraction of sp³-hybridized carbons (Fsp3) is 0.421. The van der Waals surface area contributed by atoms with Gasteiger partial charge >= 0.3 is 0 Å². The topological polar surface area (TPSA) is 60.0 Å². The van der Waals surface area contributed by atoms with Gasteiger partial charge in [0.05, 0.1) is 6.54 Å². The minimum absolute atomic E-state index is 0.625. The predicted octanol–water partition coefficient (Wildman–Crippen LogP) is 3.52. The molecule has 1 aromatic carbocycles. The molecule has 1 aliphatic heterocycles. The highest BCUT2D eigenvalue weighted by atomic mass is 35.5. The first-order valence-electron chi connectivity index (χ1n) is 8.95. The Labute approximate surface area is 157 Å². The van der Waals surface area contributed by atoms with Crippen molar-refractivity contribution >= 4 is 11.6 Å². The number of hydrogen-bond acceptors (Lipinski definition) is 5. The molecule has 0 atom stereocenters. The summed E-state index contributed by atoms with van der Waals surface area (Å²) in [5.41, 5.74) is 1.83. The third kappa shape index (κ3) is 3.97. The molecule has 1 saturated heterocycles. The second-order valence-corrected chi connectivity index (χ2v) is 7.41. The first-order chi connectivity index (χ1) is 12.7. The van der Waals surface area contributed by atoms with Crippen molar-refractivity contribution in [3.63, 3.8) is 0 Å². The number of hydrogen-bond donors (Lipinski definition) is 0. The number of rotatable bonds is 5. The molecule has 6 nitrogen and oxygen atoms in total. The van der Waals surface area contributed by atoms with Crippen LogP contribution in [0, 0.1) is 5.92 Å². The molecule has 1 aliphatic rings. The lowest BCUT2D eigenvalue weighted by Crippen LogP contribution is -2.31. The SMILES string of the molecule is CN1CCC(Cc2nc(-c3ccon3)n(Cc3ccc(Cl)cc3)n2)CC1. The summed E-state index contributed by atoms with van der Waals surface area (Å²) < 4.78 is 6.91. The molecule has 0 saturated carbocycles. The molecule has 0 radical (unpaired) electrons. The predicted molar refractivity (Wildman–Crippen MR) is 100.0 cm³/mol. The maximum Gasteiger partial charge on any atom is 0.180 e. The van der Waals surface area contributed by atoms with E-state index in [0.717, 1.165) is 41.7 Å². The Morgan fingerprint density at radius 1 is 1.15 bits per heavy atom. The van der Waals surface area contributed by atoms with Gasteiger partial charge in [0.1, 0.15) is 6.26 Å². The Balaban J connectivity index is 1.57. The Morgan fingerprint density at radius 3 is 2.62 bits per heavy atom. The third-order valence-electron chi connectivity index (χ3n) is 4.94. The van der Waals surface area contributed by atoms with Crippen LogP contribution >= 0.6 is 11.6 Å². The quantitative estimate of drug-likeness (QED) is 0.686. The van der Waals surface area contributed by atoms with Crippen molar-refractivity contribution in [1.29, 1.82) is 0 Å². The van der Waals surface area contributed by atoms with E-state index in [2.05, 4.69) is 17.1 Å². The van der Waals surface area contributed by atoms with E-state index in [4.69, 9.17) is 26.2 Å². The van der Waals surface area contributed by atoms with Crippen LogP contribution in [-0.4, -0.2) is 45.0 Å². The molecule has 3 heterocycles. The van der Waals surface area contributed by atoms with E-state index in [1.807, 2.05) is 35.0 Å². The van der Waals surface area contributed by atoms with E-state index in [0.29, 0.717) is 18.2 Å². The molecular weight excluding hydrogens is 350 g/mol. The van der Waals surface area contributed by atoms with Crippen molar-refractivity contribution in [2.24, 2.45) is 5.92 Å². The Hall–Kier alpha value is -2.18. The van der Waals surface area contributed by atoms with Gasteiger partial charge in [-0.3, -0.25) is 0 Å². The van der Waals surface area contributed by atoms with Gasteiger partial charge in [0, 0.05) is 17.5 Å². The fourth-order valence-electron chi connectivity index (χ4n) is 3.39. The van der Waals surface area contributed by atoms with Crippen LogP contribution < -0.4 is 0 Å². The monoisotopic (exact) mass is 371 g/mol. The molecule has 7 heteroatoms. The van der Waals surface area contributed by atoms with Crippen molar-refractivity contribution in [2.45, 2.75) is 25.8 Å². The van der Waals surface area contributed by atoms with Crippen LogP contribution in [0.5, 0.6) is 0 Å². The molecule has 0 aliphatic carbocycles. The molecule has 1 fully saturated rings. The highest BCUT2D eigenvalue weighted by molar-refractivity contribution is 6.30. The van der Waals surface area contributed by atoms with Crippen LogP contribution in [-0.2, 0) is 13.0 Å². The zero-order chi connectivity index (χ0) is 17.9. The van der Waals surface area contributed by atoms with Crippen LogP contribution in [0.1, 0.15) is 24.2 Å². The largest absolute Gasteiger partial charge is 0.364 e. The van der Waals surface area contributed by atoms with Crippen molar-refractivity contribution in [1.82, 2.24) is 24.8 Å². The lowest BCUT2D eigenvalue weighted by molar-refractivity contribution is 0.217. The fourth-order valence-corrected chi connectivity index (χ4v) is 3.52. The van der Waals surface area contributed by atoms with Crippen LogP contribution in [0.15, 0.2) is 41.1 Å². The number of piperidine rings is 1. The van der Waals surface area contributed by atoms with Crippen LogP contribution in [0.4, 0.5) is 0 Å². The van der Waals surface area contributed by atoms with E-state index in [1.54, 1.807) is 6.26 Å². The smallest absolute Gasteiger partial charge is 0.180 e. The molecule has 26 heavy (non-hydrogen) atoms. The Bertz CT molecular complexity index is 835. The normalized spacial score (nSPS) is 16.2. The minimum atomic E-state index is 0.625. The molecule has 3 aromatic rings. The van der Waals surface area contributed by atoms with Gasteiger partial charge in [-0.1, -0.05) is 28.9 Å². The van der Waals surface area contributed by atoms with Gasteiger partial charge < -0.3 is 9.42 Å². The summed E-state index contributed by atoms with van der Waals surface area (Å²) in [5.74, 6) is 2.27. The lowest BCUT2D eigenvalue weighted by atomic mass is 9.94. The molecule has 0 bridgehead atoms. The summed E-state index contributed by atoms with van der Waals surface area (Å²) in [7, 11) is 2.18. The summed E-state index contributed by atoms with van der Waals surface area (Å²) >= 11 is 5.99. The molecule has 0 unspecified atom stereocenters. The molecule has 0 amide bonds. The highest BCUT2D eigenvalue weighted by Crippen LogP contribution is 2.22. The second kappa shape index (κ2) is 7.60. The average Bonchev–Trinajstić information content (AvgIpc) is 3.29. The van der Waals surface area contributed by atoms with Crippen molar-refractivity contribution in [2.75, 3.05) is 20.1 Å². The average molecular weight is 372 g/mol. The first-order valence-corrected chi connectivity index (χ1v) is 9.32. The molecule has 2 aromatic heterocycles. The van der Waals surface area contributed by atoms with E-state index in [9.17, 15) is 0 Å². The van der Waals surface area contributed by atoms with Crippen molar-refractivity contribution in [3.8, 4) is 11.5 Å². The zero-order valence-electron chi connectivity index (χ0n) is 14.8. The van der Waals surface area contributed by atoms with Gasteiger partial charge in [-0.25, -0.2) is 9.67 Å². The number of halogens is 1. The van der Waals surface area contributed by atoms with Gasteiger partial charge in [-0.2, -0.15) is 5.10 Å². The van der Waals surface area contributed by atoms with E-state index >= 15 is 0 Å². The third-order valence-corrected chi connectivity index (χ3v) is 5.19. The van der Waals surface area contributed by atoms with Crippen molar-refractivity contribution in [3.05, 3.63) is 53.0 Å². The van der Waals surface area contributed by atoms with Gasteiger partial charge in [0.15, 0.2) is 17.3 Å². The number of aromatic nitrogens is 4. The first kappa shape index (κ1) is 17.2. The molecule has 0 N–H and O–H groups in total. The summed E-state index contributed by atoms with van der Waals surface area (Å²) in [6.45, 7) is 2.92. The Kier molecular flexibility index (Phi) is 5.04. The van der Waals surface area contributed by atoms with Crippen molar-refractivity contribution < 1.29 is 4.52 Å². The van der Waals surface area contributed by atoms with Crippen LogP contribution in [0.25, 0.3) is 11.5 Å². The number of likely N-dealkylation sites (tertiary alicyclic amines) is 1. The maximum absolute atomic E-state index is 5.99. The van der Waals surface area contributed by atoms with Gasteiger partial charge in [-0.05, 0) is 56.6 Å². The molecular formula is C19H22ClN5O. The van der Waals surface area contributed by atoms with Gasteiger partial charge in [0.2, 0.25) is 0 Å². The lowest BCUT2D eigenvalue weighted by Gasteiger charge is -2.28.